The monoisotopic (exact) mass is 282 g/mol. The van der Waals surface area contributed by atoms with Crippen molar-refractivity contribution in [1.82, 2.24) is 14.9 Å². The van der Waals surface area contributed by atoms with Gasteiger partial charge in [0.2, 0.25) is 10.0 Å². The van der Waals surface area contributed by atoms with Crippen LogP contribution in [0.4, 0.5) is 5.69 Å². The predicted octanol–water partition coefficient (Wildman–Crippen LogP) is 0.349. The second kappa shape index (κ2) is 5.72. The number of hydrogen-bond acceptors (Lipinski definition) is 5. The number of nitrogens with one attached hydrogen (secondary N) is 2. The van der Waals surface area contributed by atoms with Crippen molar-refractivity contribution in [2.75, 3.05) is 18.9 Å². The summed E-state index contributed by atoms with van der Waals surface area (Å²) >= 11 is 0. The van der Waals surface area contributed by atoms with Crippen LogP contribution in [0.3, 0.4) is 0 Å². The molecule has 1 aromatic heterocycles. The smallest absolute Gasteiger partial charge is 0.243 e. The van der Waals surface area contributed by atoms with Gasteiger partial charge in [0.25, 0.3) is 0 Å². The maximum Gasteiger partial charge on any atom is 0.243 e. The summed E-state index contributed by atoms with van der Waals surface area (Å²) in [6.07, 6.45) is 2.54. The molecule has 0 saturated heterocycles. The molecule has 0 atom stereocenters. The van der Waals surface area contributed by atoms with Crippen LogP contribution < -0.4 is 15.2 Å². The van der Waals surface area contributed by atoms with Gasteiger partial charge in [-0.1, -0.05) is 12.1 Å². The van der Waals surface area contributed by atoms with E-state index < -0.39 is 10.0 Å². The number of anilines is 1. The molecule has 2 rings (SSSR count). The predicted molar refractivity (Wildman–Crippen MR) is 70.1 cm³/mol. The zero-order chi connectivity index (χ0) is 13.7. The van der Waals surface area contributed by atoms with E-state index >= 15 is 0 Å². The van der Waals surface area contributed by atoms with Gasteiger partial charge in [0.15, 0.2) is 0 Å². The molecule has 0 bridgehead atoms. The van der Waals surface area contributed by atoms with Crippen LogP contribution in [0.25, 0.3) is 0 Å². The van der Waals surface area contributed by atoms with Crippen LogP contribution in [-0.2, 0) is 10.0 Å². The van der Waals surface area contributed by atoms with E-state index in [2.05, 4.69) is 14.9 Å². The Morgan fingerprint density at radius 3 is 2.84 bits per heavy atom. The van der Waals surface area contributed by atoms with E-state index in [1.165, 1.54) is 12.4 Å². The van der Waals surface area contributed by atoms with Gasteiger partial charge in [0.05, 0.1) is 11.9 Å². The molecule has 0 amide bonds. The summed E-state index contributed by atoms with van der Waals surface area (Å²) in [5.41, 5.74) is 6.20. The highest BCUT2D eigenvalue weighted by Gasteiger charge is 2.14. The summed E-state index contributed by atoms with van der Waals surface area (Å²) in [5, 5.41) is 6.03. The van der Waals surface area contributed by atoms with Crippen LogP contribution in [0.15, 0.2) is 41.6 Å². The van der Waals surface area contributed by atoms with Crippen LogP contribution >= 0.6 is 0 Å². The van der Waals surface area contributed by atoms with Gasteiger partial charge < -0.3 is 10.5 Å². The quantitative estimate of drug-likeness (QED) is 0.523. The number of hydrogen-bond donors (Lipinski definition) is 3. The molecule has 0 fully saturated rings. The maximum absolute atomic E-state index is 11.7. The standard InChI is InChI=1S/C11H14N4O3S/c12-10-3-1-2-4-11(10)18-6-5-15-19(16,17)9-7-13-14-8-9/h1-4,7-8,15H,5-6,12H2,(H,13,14). The number of H-pyrrole nitrogens is 1. The third-order valence-corrected chi connectivity index (χ3v) is 3.78. The second-order valence-electron chi connectivity index (χ2n) is 3.72. The molecule has 4 N–H and O–H groups in total. The fourth-order valence-corrected chi connectivity index (χ4v) is 2.34. The number of para-hydroxylation sites is 2. The zero-order valence-electron chi connectivity index (χ0n) is 10.0. The fraction of sp³-hybridized carbons (Fsp3) is 0.182. The van der Waals surface area contributed by atoms with E-state index in [0.717, 1.165) is 0 Å². The van der Waals surface area contributed by atoms with Crippen molar-refractivity contribution in [3.63, 3.8) is 0 Å². The zero-order valence-corrected chi connectivity index (χ0v) is 10.9. The Kier molecular flexibility index (Phi) is 4.03. The van der Waals surface area contributed by atoms with Crippen LogP contribution in [0.5, 0.6) is 5.75 Å². The molecule has 0 spiro atoms. The molecule has 0 saturated carbocycles. The van der Waals surface area contributed by atoms with Gasteiger partial charge in [0.1, 0.15) is 17.3 Å². The normalized spacial score (nSPS) is 11.4. The lowest BCUT2D eigenvalue weighted by Crippen LogP contribution is -2.28. The van der Waals surface area contributed by atoms with Crippen LogP contribution in [-0.4, -0.2) is 31.8 Å². The first-order valence-corrected chi connectivity index (χ1v) is 7.03. The Morgan fingerprint density at radius 2 is 2.16 bits per heavy atom. The van der Waals surface area contributed by atoms with Crippen molar-refractivity contribution >= 4 is 15.7 Å². The summed E-state index contributed by atoms with van der Waals surface area (Å²) < 4.78 is 31.2. The first kappa shape index (κ1) is 13.4. The van der Waals surface area contributed by atoms with Crippen molar-refractivity contribution in [3.8, 4) is 5.75 Å². The number of rotatable bonds is 6. The van der Waals surface area contributed by atoms with Gasteiger partial charge in [-0.25, -0.2) is 13.1 Å². The van der Waals surface area contributed by atoms with E-state index in [-0.39, 0.29) is 18.0 Å². The minimum Gasteiger partial charge on any atom is -0.490 e. The van der Waals surface area contributed by atoms with Gasteiger partial charge in [-0.05, 0) is 12.1 Å². The molecule has 0 radical (unpaired) electrons. The topological polar surface area (TPSA) is 110 Å². The van der Waals surface area contributed by atoms with E-state index in [1.807, 2.05) is 0 Å². The number of aromatic nitrogens is 2. The molecule has 0 aliphatic carbocycles. The lowest BCUT2D eigenvalue weighted by atomic mass is 10.3. The highest BCUT2D eigenvalue weighted by molar-refractivity contribution is 7.89. The number of ether oxygens (including phenoxy) is 1. The molecule has 1 heterocycles. The largest absolute Gasteiger partial charge is 0.490 e. The van der Waals surface area contributed by atoms with Crippen molar-refractivity contribution in [2.45, 2.75) is 4.90 Å². The third-order valence-electron chi connectivity index (χ3n) is 2.35. The van der Waals surface area contributed by atoms with Crippen molar-refractivity contribution < 1.29 is 13.2 Å². The summed E-state index contributed by atoms with van der Waals surface area (Å²) in [5.74, 6) is 0.532. The van der Waals surface area contributed by atoms with E-state index in [0.29, 0.717) is 11.4 Å². The molecular weight excluding hydrogens is 268 g/mol. The maximum atomic E-state index is 11.7. The molecule has 2 aromatic rings. The molecule has 0 unspecified atom stereocenters. The average Bonchev–Trinajstić information content (AvgIpc) is 2.91. The Morgan fingerprint density at radius 1 is 1.37 bits per heavy atom. The summed E-state index contributed by atoms with van der Waals surface area (Å²) in [4.78, 5) is 0.0896. The molecule has 7 nitrogen and oxygen atoms in total. The highest BCUT2D eigenvalue weighted by Crippen LogP contribution is 2.19. The molecule has 8 heteroatoms. The lowest BCUT2D eigenvalue weighted by Gasteiger charge is -2.09. The summed E-state index contributed by atoms with van der Waals surface area (Å²) in [6.45, 7) is 0.327. The summed E-state index contributed by atoms with van der Waals surface area (Å²) in [6, 6.07) is 7.02. The number of aromatic amines is 1. The molecule has 19 heavy (non-hydrogen) atoms. The number of sulfonamides is 1. The molecule has 102 valence electrons. The van der Waals surface area contributed by atoms with Crippen LogP contribution in [0.1, 0.15) is 0 Å². The first-order chi connectivity index (χ1) is 9.09. The number of nitrogens with two attached hydrogens (primary N) is 1. The Balaban J connectivity index is 1.83. The second-order valence-corrected chi connectivity index (χ2v) is 5.49. The number of benzene rings is 1. The third kappa shape index (κ3) is 3.46. The average molecular weight is 282 g/mol. The molecular formula is C11H14N4O3S. The van der Waals surface area contributed by atoms with Gasteiger partial charge in [0, 0.05) is 12.7 Å². The highest BCUT2D eigenvalue weighted by atomic mass is 32.2. The number of nitrogen functional groups attached to an aromatic ring is 1. The first-order valence-electron chi connectivity index (χ1n) is 5.55. The van der Waals surface area contributed by atoms with E-state index in [4.69, 9.17) is 10.5 Å². The SMILES string of the molecule is Nc1ccccc1OCCNS(=O)(=O)c1cn[nH]c1. The Hall–Kier alpha value is -2.06. The lowest BCUT2D eigenvalue weighted by molar-refractivity contribution is 0.324. The van der Waals surface area contributed by atoms with Gasteiger partial charge in [-0.3, -0.25) is 5.10 Å². The molecule has 0 aliphatic rings. The minimum absolute atomic E-state index is 0.0896. The number of nitrogens with zero attached hydrogens (tertiary/aromatic N) is 1. The van der Waals surface area contributed by atoms with Gasteiger partial charge >= 0.3 is 0 Å². The molecule has 0 aliphatic heterocycles. The van der Waals surface area contributed by atoms with Crippen LogP contribution in [0, 0.1) is 0 Å². The van der Waals surface area contributed by atoms with Crippen molar-refractivity contribution in [1.29, 1.82) is 0 Å². The minimum atomic E-state index is -3.54. The molecule has 1 aromatic carbocycles. The summed E-state index contributed by atoms with van der Waals surface area (Å²) in [7, 11) is -3.54. The van der Waals surface area contributed by atoms with Gasteiger partial charge in [-0.15, -0.1) is 0 Å². The Labute approximate surface area is 110 Å². The van der Waals surface area contributed by atoms with Gasteiger partial charge in [-0.2, -0.15) is 5.10 Å². The van der Waals surface area contributed by atoms with E-state index in [1.54, 1.807) is 24.3 Å². The Bertz CT molecular complexity index is 625. The fourth-order valence-electron chi connectivity index (χ4n) is 1.42. The van der Waals surface area contributed by atoms with Crippen molar-refractivity contribution in [2.24, 2.45) is 0 Å². The van der Waals surface area contributed by atoms with Crippen LogP contribution in [0.2, 0.25) is 0 Å². The van der Waals surface area contributed by atoms with E-state index in [9.17, 15) is 8.42 Å². The van der Waals surface area contributed by atoms with Crippen molar-refractivity contribution in [3.05, 3.63) is 36.7 Å².